The molecule has 0 unspecified atom stereocenters. The van der Waals surface area contributed by atoms with E-state index in [0.29, 0.717) is 25.6 Å². The van der Waals surface area contributed by atoms with Crippen LogP contribution in [-0.2, 0) is 11.2 Å². The highest BCUT2D eigenvalue weighted by molar-refractivity contribution is 14.0. The van der Waals surface area contributed by atoms with Gasteiger partial charge in [-0.2, -0.15) is 0 Å². The standard InChI is InChI=1S/C18H29FN4O.HI/c1-13-12-15(19)7-6-14(13)8-9-22-17(20-5)23-11-10-21-16(24)18(2,3)4;/h6-7,12H,8-11H2,1-5H3,(H,21,24)(H2,20,22,23);1H. The van der Waals surface area contributed by atoms with Crippen LogP contribution in [0.15, 0.2) is 23.2 Å². The lowest BCUT2D eigenvalue weighted by Gasteiger charge is -2.18. The van der Waals surface area contributed by atoms with Crippen LogP contribution >= 0.6 is 24.0 Å². The number of nitrogens with zero attached hydrogens (tertiary/aromatic N) is 1. The predicted octanol–water partition coefficient (Wildman–Crippen LogP) is 2.62. The number of carbonyl (C=O) groups is 1. The third-order valence-corrected chi connectivity index (χ3v) is 3.60. The van der Waals surface area contributed by atoms with E-state index in [1.54, 1.807) is 13.1 Å². The first-order chi connectivity index (χ1) is 11.2. The van der Waals surface area contributed by atoms with Crippen LogP contribution < -0.4 is 16.0 Å². The summed E-state index contributed by atoms with van der Waals surface area (Å²) in [5.74, 6) is 0.498. The van der Waals surface area contributed by atoms with E-state index in [4.69, 9.17) is 0 Å². The smallest absolute Gasteiger partial charge is 0.225 e. The molecular formula is C18H30FIN4O. The highest BCUT2D eigenvalue weighted by Gasteiger charge is 2.20. The summed E-state index contributed by atoms with van der Waals surface area (Å²) in [5.41, 5.74) is 1.67. The van der Waals surface area contributed by atoms with Gasteiger partial charge in [0.25, 0.3) is 0 Å². The Morgan fingerprint density at radius 2 is 1.72 bits per heavy atom. The van der Waals surface area contributed by atoms with Gasteiger partial charge in [-0.05, 0) is 36.6 Å². The van der Waals surface area contributed by atoms with Crippen molar-refractivity contribution in [3.05, 3.63) is 35.1 Å². The molecule has 0 saturated heterocycles. The van der Waals surface area contributed by atoms with Gasteiger partial charge in [0.1, 0.15) is 5.82 Å². The Bertz CT molecular complexity index is 585. The number of guanidine groups is 1. The zero-order valence-corrected chi connectivity index (χ0v) is 18.0. The van der Waals surface area contributed by atoms with Crippen molar-refractivity contribution in [2.24, 2.45) is 10.4 Å². The van der Waals surface area contributed by atoms with Crippen LogP contribution in [-0.4, -0.2) is 38.5 Å². The van der Waals surface area contributed by atoms with Gasteiger partial charge in [0.2, 0.25) is 5.91 Å². The summed E-state index contributed by atoms with van der Waals surface area (Å²) in [7, 11) is 1.70. The topological polar surface area (TPSA) is 65.5 Å². The molecule has 0 radical (unpaired) electrons. The van der Waals surface area contributed by atoms with E-state index in [2.05, 4.69) is 20.9 Å². The maximum absolute atomic E-state index is 13.1. The third-order valence-electron chi connectivity index (χ3n) is 3.60. The molecule has 5 nitrogen and oxygen atoms in total. The third kappa shape index (κ3) is 9.04. The fraction of sp³-hybridized carbons (Fsp3) is 0.556. The zero-order valence-electron chi connectivity index (χ0n) is 15.7. The van der Waals surface area contributed by atoms with Gasteiger partial charge in [-0.25, -0.2) is 4.39 Å². The van der Waals surface area contributed by atoms with E-state index in [1.807, 2.05) is 33.8 Å². The largest absolute Gasteiger partial charge is 0.356 e. The SMILES string of the molecule is CN=C(NCCNC(=O)C(C)(C)C)NCCc1ccc(F)cc1C.I. The van der Waals surface area contributed by atoms with Crippen molar-refractivity contribution in [2.45, 2.75) is 34.1 Å². The van der Waals surface area contributed by atoms with Crippen LogP contribution in [0.25, 0.3) is 0 Å². The summed E-state index contributed by atoms with van der Waals surface area (Å²) in [6.45, 7) is 9.38. The fourth-order valence-electron chi connectivity index (χ4n) is 2.10. The van der Waals surface area contributed by atoms with Gasteiger partial charge in [0.05, 0.1) is 0 Å². The van der Waals surface area contributed by atoms with Crippen LogP contribution in [0.2, 0.25) is 0 Å². The Balaban J connectivity index is 0.00000576. The highest BCUT2D eigenvalue weighted by atomic mass is 127. The molecule has 0 heterocycles. The molecule has 0 spiro atoms. The quantitative estimate of drug-likeness (QED) is 0.263. The molecule has 0 aliphatic heterocycles. The van der Waals surface area contributed by atoms with Gasteiger partial charge < -0.3 is 16.0 Å². The van der Waals surface area contributed by atoms with Gasteiger partial charge in [0, 0.05) is 32.1 Å². The molecule has 1 aromatic carbocycles. The van der Waals surface area contributed by atoms with Gasteiger partial charge in [-0.3, -0.25) is 9.79 Å². The summed E-state index contributed by atoms with van der Waals surface area (Å²) in [6.07, 6.45) is 0.785. The first-order valence-corrected chi connectivity index (χ1v) is 8.22. The molecular weight excluding hydrogens is 434 g/mol. The second-order valence-corrected chi connectivity index (χ2v) is 6.75. The summed E-state index contributed by atoms with van der Waals surface area (Å²) < 4.78 is 13.1. The van der Waals surface area contributed by atoms with Gasteiger partial charge in [0.15, 0.2) is 5.96 Å². The lowest BCUT2D eigenvalue weighted by atomic mass is 9.96. The maximum Gasteiger partial charge on any atom is 0.225 e. The summed E-state index contributed by atoms with van der Waals surface area (Å²) in [4.78, 5) is 15.9. The van der Waals surface area contributed by atoms with Crippen molar-refractivity contribution in [2.75, 3.05) is 26.7 Å². The van der Waals surface area contributed by atoms with Crippen molar-refractivity contribution in [3.8, 4) is 0 Å². The Kier molecular flexibility index (Phi) is 10.7. The Morgan fingerprint density at radius 1 is 1.12 bits per heavy atom. The number of rotatable bonds is 6. The second kappa shape index (κ2) is 11.3. The molecule has 0 fully saturated rings. The van der Waals surface area contributed by atoms with E-state index < -0.39 is 0 Å². The van der Waals surface area contributed by atoms with Crippen molar-refractivity contribution in [1.82, 2.24) is 16.0 Å². The fourth-order valence-corrected chi connectivity index (χ4v) is 2.10. The monoisotopic (exact) mass is 464 g/mol. The first kappa shape index (κ1) is 23.6. The number of benzene rings is 1. The molecule has 0 aliphatic rings. The molecule has 142 valence electrons. The second-order valence-electron chi connectivity index (χ2n) is 6.75. The molecule has 1 aromatic rings. The summed E-state index contributed by atoms with van der Waals surface area (Å²) >= 11 is 0. The van der Waals surface area contributed by atoms with E-state index in [1.165, 1.54) is 6.07 Å². The molecule has 0 atom stereocenters. The number of halogens is 2. The maximum atomic E-state index is 13.1. The predicted molar refractivity (Wildman–Crippen MR) is 112 cm³/mol. The zero-order chi connectivity index (χ0) is 18.2. The van der Waals surface area contributed by atoms with Gasteiger partial charge >= 0.3 is 0 Å². The average Bonchev–Trinajstić information content (AvgIpc) is 2.50. The number of amides is 1. The molecule has 0 aromatic heterocycles. The van der Waals surface area contributed by atoms with Crippen LogP contribution in [0, 0.1) is 18.2 Å². The van der Waals surface area contributed by atoms with E-state index in [9.17, 15) is 9.18 Å². The number of carbonyl (C=O) groups excluding carboxylic acids is 1. The first-order valence-electron chi connectivity index (χ1n) is 8.22. The highest BCUT2D eigenvalue weighted by Crippen LogP contribution is 2.12. The number of hydrogen-bond donors (Lipinski definition) is 3. The van der Waals surface area contributed by atoms with Crippen LogP contribution in [0.5, 0.6) is 0 Å². The lowest BCUT2D eigenvalue weighted by Crippen LogP contribution is -2.43. The number of nitrogens with one attached hydrogen (secondary N) is 3. The van der Waals surface area contributed by atoms with Gasteiger partial charge in [-0.15, -0.1) is 24.0 Å². The molecule has 0 saturated carbocycles. The van der Waals surface area contributed by atoms with Crippen molar-refractivity contribution in [3.63, 3.8) is 0 Å². The molecule has 1 rings (SSSR count). The summed E-state index contributed by atoms with van der Waals surface area (Å²) in [5, 5.41) is 9.24. The number of aliphatic imine (C=N–C) groups is 1. The Hall–Kier alpha value is -1.38. The van der Waals surface area contributed by atoms with E-state index in [-0.39, 0.29) is 41.1 Å². The molecule has 0 bridgehead atoms. The molecule has 25 heavy (non-hydrogen) atoms. The van der Waals surface area contributed by atoms with E-state index >= 15 is 0 Å². The minimum atomic E-state index is -0.382. The Labute approximate surface area is 167 Å². The average molecular weight is 464 g/mol. The van der Waals surface area contributed by atoms with Crippen molar-refractivity contribution in [1.29, 1.82) is 0 Å². The van der Waals surface area contributed by atoms with E-state index in [0.717, 1.165) is 17.5 Å². The number of aryl methyl sites for hydroxylation is 1. The normalized spacial score (nSPS) is 11.5. The minimum absolute atomic E-state index is 0. The molecule has 0 aliphatic carbocycles. The lowest BCUT2D eigenvalue weighted by molar-refractivity contribution is -0.128. The van der Waals surface area contributed by atoms with Crippen molar-refractivity contribution >= 4 is 35.8 Å². The van der Waals surface area contributed by atoms with Crippen molar-refractivity contribution < 1.29 is 9.18 Å². The molecule has 1 amide bonds. The molecule has 3 N–H and O–H groups in total. The number of hydrogen-bond acceptors (Lipinski definition) is 2. The Morgan fingerprint density at radius 3 is 2.28 bits per heavy atom. The minimum Gasteiger partial charge on any atom is -0.356 e. The van der Waals surface area contributed by atoms with Crippen LogP contribution in [0.1, 0.15) is 31.9 Å². The summed E-state index contributed by atoms with van der Waals surface area (Å²) in [6, 6.07) is 4.83. The van der Waals surface area contributed by atoms with Gasteiger partial charge in [-0.1, -0.05) is 26.8 Å². The van der Waals surface area contributed by atoms with Crippen LogP contribution in [0.3, 0.4) is 0 Å². The molecule has 7 heteroatoms. The van der Waals surface area contributed by atoms with Crippen LogP contribution in [0.4, 0.5) is 4.39 Å².